The first-order chi connectivity index (χ1) is 13.2. The van der Waals surface area contributed by atoms with E-state index in [4.69, 9.17) is 14.2 Å². The molecular formula is C19H24N4O4. The lowest BCUT2D eigenvalue weighted by molar-refractivity contribution is 0.101. The fourth-order valence-electron chi connectivity index (χ4n) is 2.88. The molecule has 8 nitrogen and oxygen atoms in total. The number of ether oxygens (including phenoxy) is 3. The Hall–Kier alpha value is -3.03. The summed E-state index contributed by atoms with van der Waals surface area (Å²) in [5.74, 6) is 1.57. The number of nitrogens with zero attached hydrogens (tertiary/aromatic N) is 3. The van der Waals surface area contributed by atoms with Crippen molar-refractivity contribution < 1.29 is 19.0 Å². The van der Waals surface area contributed by atoms with E-state index in [0.29, 0.717) is 31.5 Å². The quantitative estimate of drug-likeness (QED) is 0.839. The average Bonchev–Trinajstić information content (AvgIpc) is 2.70. The minimum atomic E-state index is -0.149. The van der Waals surface area contributed by atoms with Crippen molar-refractivity contribution in [3.63, 3.8) is 0 Å². The van der Waals surface area contributed by atoms with Crippen molar-refractivity contribution in [1.29, 1.82) is 0 Å². The van der Waals surface area contributed by atoms with Gasteiger partial charge in [-0.2, -0.15) is 4.98 Å². The Kier molecular flexibility index (Phi) is 6.30. The number of hydrogen-bond donors (Lipinski definition) is 1. The summed E-state index contributed by atoms with van der Waals surface area (Å²) >= 11 is 0. The molecule has 0 radical (unpaired) electrons. The summed E-state index contributed by atoms with van der Waals surface area (Å²) in [4.78, 5) is 22.5. The van der Waals surface area contributed by atoms with Gasteiger partial charge in [-0.05, 0) is 44.0 Å². The number of aromatic nitrogens is 2. The Balaban J connectivity index is 1.55. The summed E-state index contributed by atoms with van der Waals surface area (Å²) in [6.45, 7) is 3.72. The molecule has 0 bridgehead atoms. The van der Waals surface area contributed by atoms with E-state index in [1.54, 1.807) is 11.1 Å². The highest BCUT2D eigenvalue weighted by atomic mass is 16.5. The molecule has 1 fully saturated rings. The third kappa shape index (κ3) is 5.22. The van der Waals surface area contributed by atoms with Crippen LogP contribution in [0.4, 0.5) is 10.5 Å². The Morgan fingerprint density at radius 2 is 2.04 bits per heavy atom. The smallest absolute Gasteiger partial charge is 0.321 e. The number of rotatable bonds is 6. The molecule has 3 rings (SSSR count). The Bertz CT molecular complexity index is 754. The van der Waals surface area contributed by atoms with Gasteiger partial charge in [0.1, 0.15) is 11.9 Å². The molecule has 0 saturated carbocycles. The topological polar surface area (TPSA) is 85.8 Å². The van der Waals surface area contributed by atoms with Crippen molar-refractivity contribution in [2.45, 2.75) is 25.9 Å². The zero-order valence-corrected chi connectivity index (χ0v) is 15.6. The van der Waals surface area contributed by atoms with E-state index in [-0.39, 0.29) is 12.1 Å². The van der Waals surface area contributed by atoms with Crippen LogP contribution >= 0.6 is 0 Å². The first-order valence-electron chi connectivity index (χ1n) is 8.99. The predicted octanol–water partition coefficient (Wildman–Crippen LogP) is 2.96. The molecule has 27 heavy (non-hydrogen) atoms. The maximum absolute atomic E-state index is 12.6. The van der Waals surface area contributed by atoms with Gasteiger partial charge in [-0.3, -0.25) is 4.98 Å². The first-order valence-corrected chi connectivity index (χ1v) is 8.99. The third-order valence-corrected chi connectivity index (χ3v) is 4.17. The fraction of sp³-hybridized carbons (Fsp3) is 0.421. The van der Waals surface area contributed by atoms with Crippen LogP contribution in [0.2, 0.25) is 0 Å². The van der Waals surface area contributed by atoms with Gasteiger partial charge in [0, 0.05) is 12.2 Å². The molecule has 2 amide bonds. The highest BCUT2D eigenvalue weighted by Crippen LogP contribution is 2.20. The van der Waals surface area contributed by atoms with Crippen molar-refractivity contribution in [3.8, 4) is 17.5 Å². The molecule has 1 N–H and O–H groups in total. The van der Waals surface area contributed by atoms with Crippen LogP contribution in [0.1, 0.15) is 19.8 Å². The Morgan fingerprint density at radius 3 is 2.78 bits per heavy atom. The number of likely N-dealkylation sites (tertiary alicyclic amines) is 1. The molecule has 1 atom stereocenters. The van der Waals surface area contributed by atoms with Gasteiger partial charge < -0.3 is 24.4 Å². The second-order valence-corrected chi connectivity index (χ2v) is 6.12. The summed E-state index contributed by atoms with van der Waals surface area (Å²) < 4.78 is 16.3. The number of urea groups is 1. The van der Waals surface area contributed by atoms with Gasteiger partial charge in [-0.1, -0.05) is 0 Å². The second kappa shape index (κ2) is 9.07. The summed E-state index contributed by atoms with van der Waals surface area (Å²) in [6.07, 6.45) is 4.64. The van der Waals surface area contributed by atoms with E-state index in [1.807, 2.05) is 31.2 Å². The Labute approximate surface area is 158 Å². The fourth-order valence-corrected chi connectivity index (χ4v) is 2.88. The van der Waals surface area contributed by atoms with Gasteiger partial charge in [0.15, 0.2) is 0 Å². The van der Waals surface area contributed by atoms with E-state index in [9.17, 15) is 4.79 Å². The molecule has 1 aliphatic rings. The van der Waals surface area contributed by atoms with E-state index in [0.717, 1.165) is 24.3 Å². The Morgan fingerprint density at radius 1 is 1.26 bits per heavy atom. The highest BCUT2D eigenvalue weighted by molar-refractivity contribution is 5.89. The van der Waals surface area contributed by atoms with Crippen molar-refractivity contribution in [1.82, 2.24) is 14.9 Å². The van der Waals surface area contributed by atoms with Crippen LogP contribution in [0, 0.1) is 0 Å². The summed E-state index contributed by atoms with van der Waals surface area (Å²) in [5.41, 5.74) is 0.727. The SMILES string of the molecule is CCOc1ccc(NC(=O)N2CCCC(Oc3cncc(OC)n3)C2)cc1. The van der Waals surface area contributed by atoms with Crippen LogP contribution in [-0.4, -0.2) is 53.8 Å². The number of carbonyl (C=O) groups is 1. The van der Waals surface area contributed by atoms with Crippen molar-refractivity contribution in [2.24, 2.45) is 0 Å². The number of methoxy groups -OCH3 is 1. The van der Waals surface area contributed by atoms with Crippen molar-refractivity contribution in [2.75, 3.05) is 32.1 Å². The second-order valence-electron chi connectivity index (χ2n) is 6.12. The normalized spacial score (nSPS) is 16.5. The lowest BCUT2D eigenvalue weighted by Gasteiger charge is -2.32. The molecule has 1 aromatic heterocycles. The summed E-state index contributed by atoms with van der Waals surface area (Å²) in [7, 11) is 1.53. The van der Waals surface area contributed by atoms with Gasteiger partial charge in [0.05, 0.1) is 32.7 Å². The monoisotopic (exact) mass is 372 g/mol. The predicted molar refractivity (Wildman–Crippen MR) is 100 cm³/mol. The number of nitrogens with one attached hydrogen (secondary N) is 1. The summed E-state index contributed by atoms with van der Waals surface area (Å²) in [6, 6.07) is 7.18. The molecule has 2 heterocycles. The van der Waals surface area contributed by atoms with Gasteiger partial charge in [0.25, 0.3) is 0 Å². The van der Waals surface area contributed by atoms with E-state index < -0.39 is 0 Å². The van der Waals surface area contributed by atoms with Crippen LogP contribution in [0.25, 0.3) is 0 Å². The lowest BCUT2D eigenvalue weighted by atomic mass is 10.1. The minimum Gasteiger partial charge on any atom is -0.494 e. The minimum absolute atomic E-state index is 0.133. The van der Waals surface area contributed by atoms with Crippen molar-refractivity contribution >= 4 is 11.7 Å². The van der Waals surface area contributed by atoms with Gasteiger partial charge >= 0.3 is 6.03 Å². The largest absolute Gasteiger partial charge is 0.494 e. The zero-order valence-electron chi connectivity index (χ0n) is 15.6. The van der Waals surface area contributed by atoms with E-state index in [2.05, 4.69) is 15.3 Å². The van der Waals surface area contributed by atoms with Crippen LogP contribution in [0.5, 0.6) is 17.5 Å². The zero-order chi connectivity index (χ0) is 19.1. The van der Waals surface area contributed by atoms with Gasteiger partial charge in [-0.15, -0.1) is 0 Å². The molecule has 1 saturated heterocycles. The van der Waals surface area contributed by atoms with Crippen LogP contribution in [0.15, 0.2) is 36.7 Å². The molecule has 0 spiro atoms. The maximum Gasteiger partial charge on any atom is 0.321 e. The summed E-state index contributed by atoms with van der Waals surface area (Å²) in [5, 5.41) is 2.91. The standard InChI is InChI=1S/C19H24N4O4/c1-3-26-15-8-6-14(7-9-15)21-19(24)23-10-4-5-16(13-23)27-18-12-20-11-17(22-18)25-2/h6-9,11-12,16H,3-5,10,13H2,1-2H3,(H,21,24). The molecule has 1 aliphatic heterocycles. The highest BCUT2D eigenvalue weighted by Gasteiger charge is 2.25. The maximum atomic E-state index is 12.6. The van der Waals surface area contributed by atoms with Crippen LogP contribution in [-0.2, 0) is 0 Å². The molecule has 1 unspecified atom stereocenters. The molecular weight excluding hydrogens is 348 g/mol. The van der Waals surface area contributed by atoms with E-state index >= 15 is 0 Å². The first kappa shape index (κ1) is 18.8. The van der Waals surface area contributed by atoms with Gasteiger partial charge in [0.2, 0.25) is 11.8 Å². The lowest BCUT2D eigenvalue weighted by Crippen LogP contribution is -2.46. The average molecular weight is 372 g/mol. The van der Waals surface area contributed by atoms with Gasteiger partial charge in [-0.25, -0.2) is 4.79 Å². The molecule has 2 aromatic rings. The number of piperidine rings is 1. The number of amides is 2. The number of carbonyl (C=O) groups excluding carboxylic acids is 1. The number of benzene rings is 1. The van der Waals surface area contributed by atoms with E-state index in [1.165, 1.54) is 13.3 Å². The third-order valence-electron chi connectivity index (χ3n) is 4.17. The van der Waals surface area contributed by atoms with Crippen LogP contribution in [0.3, 0.4) is 0 Å². The van der Waals surface area contributed by atoms with Crippen LogP contribution < -0.4 is 19.5 Å². The molecule has 8 heteroatoms. The van der Waals surface area contributed by atoms with Crippen molar-refractivity contribution in [3.05, 3.63) is 36.7 Å². The molecule has 1 aromatic carbocycles. The molecule has 144 valence electrons. The molecule has 0 aliphatic carbocycles. The number of anilines is 1. The number of hydrogen-bond acceptors (Lipinski definition) is 6.